The quantitative estimate of drug-likeness (QED) is 0.806. The van der Waals surface area contributed by atoms with E-state index in [1.54, 1.807) is 0 Å². The minimum Gasteiger partial charge on any atom is -0.242 e. The van der Waals surface area contributed by atoms with Crippen molar-refractivity contribution in [2.24, 2.45) is 0 Å². The normalized spacial score (nSPS) is 23.2. The summed E-state index contributed by atoms with van der Waals surface area (Å²) in [6.07, 6.45) is 2.18. The van der Waals surface area contributed by atoms with Crippen LogP contribution in [0.2, 0.25) is 5.02 Å². The molecule has 2 nitrogen and oxygen atoms in total. The van der Waals surface area contributed by atoms with Crippen LogP contribution in [0.5, 0.6) is 0 Å². The Morgan fingerprint density at radius 2 is 1.89 bits per heavy atom. The monoisotopic (exact) mass is 285 g/mol. The fourth-order valence-corrected chi connectivity index (χ4v) is 3.89. The molecule has 0 bridgehead atoms. The summed E-state index contributed by atoms with van der Waals surface area (Å²) in [5, 5.41) is 0.750. The largest absolute Gasteiger partial charge is 0.242 e. The smallest absolute Gasteiger partial charge is 0.100 e. The highest BCUT2D eigenvalue weighted by atomic mass is 35.5. The molecule has 2 unspecified atom stereocenters. The van der Waals surface area contributed by atoms with E-state index in [2.05, 4.69) is 4.31 Å². The molecule has 1 aliphatic rings. The second kappa shape index (κ2) is 5.32. The summed E-state index contributed by atoms with van der Waals surface area (Å²) in [7, 11) is -0.948. The molecule has 2 rings (SSSR count). The second-order valence-corrected chi connectivity index (χ2v) is 8.34. The van der Waals surface area contributed by atoms with E-state index in [-0.39, 0.29) is 10.8 Å². The molecule has 1 aromatic rings. The van der Waals surface area contributed by atoms with E-state index in [0.717, 1.165) is 24.4 Å². The molecule has 0 amide bonds. The molecule has 0 N–H and O–H groups in total. The lowest BCUT2D eigenvalue weighted by atomic mass is 10.1. The Morgan fingerprint density at radius 1 is 1.28 bits per heavy atom. The van der Waals surface area contributed by atoms with Gasteiger partial charge < -0.3 is 0 Å². The average molecular weight is 286 g/mol. The van der Waals surface area contributed by atoms with Gasteiger partial charge in [0.2, 0.25) is 0 Å². The minimum atomic E-state index is -0.948. The summed E-state index contributed by atoms with van der Waals surface area (Å²) >= 11 is 5.92. The number of nitrogens with zero attached hydrogens (tertiary/aromatic N) is 1. The van der Waals surface area contributed by atoms with E-state index in [9.17, 15) is 4.21 Å². The fourth-order valence-electron chi connectivity index (χ4n) is 2.31. The molecule has 0 aliphatic carbocycles. The van der Waals surface area contributed by atoms with Gasteiger partial charge in [-0.3, -0.25) is 0 Å². The van der Waals surface area contributed by atoms with Crippen LogP contribution < -0.4 is 0 Å². The molecule has 1 heterocycles. The first-order chi connectivity index (χ1) is 8.39. The standard InChI is InChI=1S/C14H20ClNOS/c1-14(2,3)18(17)16-10-4-5-13(16)11-6-8-12(15)9-7-11/h6-9,13H,4-5,10H2,1-3H3. The van der Waals surface area contributed by atoms with E-state index >= 15 is 0 Å². The van der Waals surface area contributed by atoms with Crippen molar-refractivity contribution < 1.29 is 4.21 Å². The number of hydrogen-bond acceptors (Lipinski definition) is 1. The van der Waals surface area contributed by atoms with Crippen LogP contribution in [0, 0.1) is 0 Å². The first-order valence-corrected chi connectivity index (χ1v) is 7.82. The van der Waals surface area contributed by atoms with Gasteiger partial charge in [0.25, 0.3) is 0 Å². The number of rotatable bonds is 2. The topological polar surface area (TPSA) is 20.3 Å². The third-order valence-corrected chi connectivity index (χ3v) is 5.36. The minimum absolute atomic E-state index is 0.199. The molecular formula is C14H20ClNOS. The van der Waals surface area contributed by atoms with Gasteiger partial charge in [-0.05, 0) is 51.3 Å². The predicted molar refractivity (Wildman–Crippen MR) is 78.0 cm³/mol. The van der Waals surface area contributed by atoms with Crippen molar-refractivity contribution in [3.63, 3.8) is 0 Å². The van der Waals surface area contributed by atoms with Crippen molar-refractivity contribution in [2.45, 2.75) is 44.4 Å². The van der Waals surface area contributed by atoms with Gasteiger partial charge in [-0.25, -0.2) is 8.51 Å². The zero-order valence-electron chi connectivity index (χ0n) is 11.1. The zero-order chi connectivity index (χ0) is 13.3. The Kier molecular flexibility index (Phi) is 4.15. The Bertz CT molecular complexity index is 438. The van der Waals surface area contributed by atoms with Crippen molar-refractivity contribution in [2.75, 3.05) is 6.54 Å². The molecule has 18 heavy (non-hydrogen) atoms. The summed E-state index contributed by atoms with van der Waals surface area (Å²) in [6, 6.07) is 8.18. The third-order valence-electron chi connectivity index (χ3n) is 3.20. The van der Waals surface area contributed by atoms with E-state index in [1.165, 1.54) is 5.56 Å². The maximum Gasteiger partial charge on any atom is 0.100 e. The van der Waals surface area contributed by atoms with Crippen LogP contribution in [0.4, 0.5) is 0 Å². The number of benzene rings is 1. The van der Waals surface area contributed by atoms with Gasteiger partial charge >= 0.3 is 0 Å². The molecular weight excluding hydrogens is 266 g/mol. The molecule has 100 valence electrons. The molecule has 0 radical (unpaired) electrons. The number of halogens is 1. The first-order valence-electron chi connectivity index (χ1n) is 6.34. The molecule has 1 saturated heterocycles. The second-order valence-electron chi connectivity index (χ2n) is 5.71. The van der Waals surface area contributed by atoms with Gasteiger partial charge in [0, 0.05) is 17.6 Å². The summed E-state index contributed by atoms with van der Waals surface area (Å²) in [6.45, 7) is 7.00. The van der Waals surface area contributed by atoms with Crippen LogP contribution in [0.15, 0.2) is 24.3 Å². The summed E-state index contributed by atoms with van der Waals surface area (Å²) < 4.78 is 14.5. The zero-order valence-corrected chi connectivity index (χ0v) is 12.7. The fraction of sp³-hybridized carbons (Fsp3) is 0.571. The Hall–Kier alpha value is -0.380. The van der Waals surface area contributed by atoms with Gasteiger partial charge in [0.15, 0.2) is 0 Å². The molecule has 0 saturated carbocycles. The maximum absolute atomic E-state index is 12.5. The maximum atomic E-state index is 12.5. The van der Waals surface area contributed by atoms with Crippen LogP contribution in [0.3, 0.4) is 0 Å². The van der Waals surface area contributed by atoms with Crippen LogP contribution >= 0.6 is 11.6 Å². The van der Waals surface area contributed by atoms with Crippen LogP contribution in [-0.4, -0.2) is 19.8 Å². The van der Waals surface area contributed by atoms with E-state index in [4.69, 9.17) is 11.6 Å². The highest BCUT2D eigenvalue weighted by molar-refractivity contribution is 7.84. The van der Waals surface area contributed by atoms with Crippen molar-refractivity contribution >= 4 is 22.6 Å². The lowest BCUT2D eigenvalue weighted by Crippen LogP contribution is -2.37. The van der Waals surface area contributed by atoms with Crippen molar-refractivity contribution in [1.82, 2.24) is 4.31 Å². The molecule has 1 aromatic carbocycles. The predicted octanol–water partition coefficient (Wildman–Crippen LogP) is 3.94. The first kappa shape index (κ1) is 14.0. The van der Waals surface area contributed by atoms with Gasteiger partial charge in [0.05, 0.1) is 4.75 Å². The van der Waals surface area contributed by atoms with Crippen molar-refractivity contribution in [1.29, 1.82) is 0 Å². The van der Waals surface area contributed by atoms with Gasteiger partial charge in [-0.2, -0.15) is 0 Å². The highest BCUT2D eigenvalue weighted by Gasteiger charge is 2.35. The van der Waals surface area contributed by atoms with Crippen LogP contribution in [-0.2, 0) is 11.0 Å². The number of hydrogen-bond donors (Lipinski definition) is 0. The summed E-state index contributed by atoms with van der Waals surface area (Å²) in [5.74, 6) is 0. The summed E-state index contributed by atoms with van der Waals surface area (Å²) in [5.41, 5.74) is 1.22. The Labute approximate surface area is 117 Å². The molecule has 0 spiro atoms. The van der Waals surface area contributed by atoms with E-state index in [0.29, 0.717) is 0 Å². The average Bonchev–Trinajstić information content (AvgIpc) is 2.76. The SMILES string of the molecule is CC(C)(C)S(=O)N1CCCC1c1ccc(Cl)cc1. The summed E-state index contributed by atoms with van der Waals surface area (Å²) in [4.78, 5) is 0. The van der Waals surface area contributed by atoms with Gasteiger partial charge in [-0.15, -0.1) is 0 Å². The molecule has 4 heteroatoms. The molecule has 1 aliphatic heterocycles. The molecule has 0 aromatic heterocycles. The Morgan fingerprint density at radius 3 is 2.44 bits per heavy atom. The highest BCUT2D eigenvalue weighted by Crippen LogP contribution is 2.36. The molecule has 2 atom stereocenters. The molecule has 1 fully saturated rings. The van der Waals surface area contributed by atoms with Crippen molar-refractivity contribution in [3.8, 4) is 0 Å². The third kappa shape index (κ3) is 2.95. The van der Waals surface area contributed by atoms with Gasteiger partial charge in [-0.1, -0.05) is 23.7 Å². The van der Waals surface area contributed by atoms with Gasteiger partial charge in [0.1, 0.15) is 11.0 Å². The lowest BCUT2D eigenvalue weighted by Gasteiger charge is -2.30. The van der Waals surface area contributed by atoms with Crippen LogP contribution in [0.25, 0.3) is 0 Å². The lowest BCUT2D eigenvalue weighted by molar-refractivity contribution is 0.416. The van der Waals surface area contributed by atoms with E-state index in [1.807, 2.05) is 45.0 Å². The Balaban J connectivity index is 2.22. The van der Waals surface area contributed by atoms with Crippen molar-refractivity contribution in [3.05, 3.63) is 34.9 Å². The van der Waals surface area contributed by atoms with Crippen LogP contribution in [0.1, 0.15) is 45.2 Å². The van der Waals surface area contributed by atoms with E-state index < -0.39 is 11.0 Å².